The summed E-state index contributed by atoms with van der Waals surface area (Å²) in [6, 6.07) is 18.1. The molecule has 0 spiro atoms. The molecule has 1 aliphatic heterocycles. The molecule has 0 aromatic heterocycles. The van der Waals surface area contributed by atoms with Gasteiger partial charge in [-0.1, -0.05) is 54.2 Å². The van der Waals surface area contributed by atoms with E-state index < -0.39 is 0 Å². The van der Waals surface area contributed by atoms with E-state index in [-0.39, 0.29) is 5.97 Å². The molecule has 128 valence electrons. The Kier molecular flexibility index (Phi) is 5.56. The first kappa shape index (κ1) is 17.3. The molecule has 0 unspecified atom stereocenters. The summed E-state index contributed by atoms with van der Waals surface area (Å²) in [7, 11) is 1.98. The molecule has 5 heteroatoms. The monoisotopic (exact) mass is 352 g/mol. The average molecular weight is 352 g/mol. The van der Waals surface area contributed by atoms with Crippen LogP contribution in [-0.4, -0.2) is 30.7 Å². The molecule has 0 atom stereocenters. The Morgan fingerprint density at radius 1 is 1.12 bits per heavy atom. The van der Waals surface area contributed by atoms with Gasteiger partial charge in [-0.25, -0.2) is 4.79 Å². The Balaban J connectivity index is 1.97. The van der Waals surface area contributed by atoms with E-state index in [4.69, 9.17) is 4.74 Å². The Hall–Kier alpha value is -2.53. The minimum Gasteiger partial charge on any atom is -0.462 e. The number of carbonyl (C=O) groups excluding carboxylic acids is 1. The Bertz CT molecular complexity index is 815. The molecule has 2 aromatic rings. The van der Waals surface area contributed by atoms with Gasteiger partial charge in [0.05, 0.1) is 17.3 Å². The fourth-order valence-corrected chi connectivity index (χ4v) is 3.61. The Labute approximate surface area is 152 Å². The van der Waals surface area contributed by atoms with Crippen LogP contribution in [0.3, 0.4) is 0 Å². The molecule has 3 rings (SSSR count). The van der Waals surface area contributed by atoms with Crippen LogP contribution in [0.4, 0.5) is 5.69 Å². The number of aliphatic imine (C=N–C) groups is 1. The van der Waals surface area contributed by atoms with Gasteiger partial charge < -0.3 is 9.64 Å². The van der Waals surface area contributed by atoms with Crippen LogP contribution in [0.2, 0.25) is 0 Å². The van der Waals surface area contributed by atoms with Crippen LogP contribution in [0.25, 0.3) is 0 Å². The molecule has 0 fully saturated rings. The highest BCUT2D eigenvalue weighted by molar-refractivity contribution is 8.03. The number of thioether (sulfide) groups is 1. The van der Waals surface area contributed by atoms with E-state index in [1.165, 1.54) is 5.56 Å². The summed E-state index contributed by atoms with van der Waals surface area (Å²) in [4.78, 5) is 20.0. The molecule has 0 radical (unpaired) electrons. The second kappa shape index (κ2) is 8.03. The molecule has 2 aromatic carbocycles. The van der Waals surface area contributed by atoms with E-state index in [0.29, 0.717) is 18.7 Å². The van der Waals surface area contributed by atoms with E-state index in [1.807, 2.05) is 56.4 Å². The van der Waals surface area contributed by atoms with Crippen molar-refractivity contribution in [1.29, 1.82) is 0 Å². The number of benzene rings is 2. The first-order chi connectivity index (χ1) is 12.2. The lowest BCUT2D eigenvalue weighted by molar-refractivity contribution is -0.137. The number of hydrogen-bond donors (Lipinski definition) is 0. The summed E-state index contributed by atoms with van der Waals surface area (Å²) in [6.45, 7) is 2.84. The third-order valence-corrected chi connectivity index (χ3v) is 5.03. The minimum absolute atomic E-state index is 0.337. The number of ether oxygens (including phenoxy) is 1. The van der Waals surface area contributed by atoms with Crippen molar-refractivity contribution in [2.24, 2.45) is 4.99 Å². The zero-order valence-electron chi connectivity index (χ0n) is 14.3. The number of para-hydroxylation sites is 1. The maximum absolute atomic E-state index is 12.5. The Morgan fingerprint density at radius 2 is 1.84 bits per heavy atom. The van der Waals surface area contributed by atoms with Crippen molar-refractivity contribution < 1.29 is 9.53 Å². The van der Waals surface area contributed by atoms with Gasteiger partial charge >= 0.3 is 5.97 Å². The van der Waals surface area contributed by atoms with Crippen LogP contribution < -0.4 is 0 Å². The van der Waals surface area contributed by atoms with Gasteiger partial charge in [-0.3, -0.25) is 4.99 Å². The van der Waals surface area contributed by atoms with Crippen molar-refractivity contribution in [2.75, 3.05) is 13.7 Å². The van der Waals surface area contributed by atoms with E-state index in [1.54, 1.807) is 18.0 Å². The summed E-state index contributed by atoms with van der Waals surface area (Å²) >= 11 is 1.55. The smallest absolute Gasteiger partial charge is 0.342 e. The SMILES string of the molecule is CCOC(=O)C1=C(N(C)Cc2ccccc2)Sc2ccccc2N=C1. The molecule has 4 nitrogen and oxygen atoms in total. The molecule has 1 aliphatic rings. The van der Waals surface area contributed by atoms with Gasteiger partial charge in [0.2, 0.25) is 0 Å². The van der Waals surface area contributed by atoms with E-state index >= 15 is 0 Å². The molecule has 0 aliphatic carbocycles. The van der Waals surface area contributed by atoms with Gasteiger partial charge in [0.1, 0.15) is 5.57 Å². The number of rotatable bonds is 5. The topological polar surface area (TPSA) is 41.9 Å². The lowest BCUT2D eigenvalue weighted by Crippen LogP contribution is -2.21. The predicted molar refractivity (Wildman–Crippen MR) is 102 cm³/mol. The molecule has 25 heavy (non-hydrogen) atoms. The summed E-state index contributed by atoms with van der Waals surface area (Å²) < 4.78 is 5.24. The largest absolute Gasteiger partial charge is 0.462 e. The maximum Gasteiger partial charge on any atom is 0.342 e. The zero-order chi connectivity index (χ0) is 17.6. The minimum atomic E-state index is -0.346. The van der Waals surface area contributed by atoms with E-state index in [0.717, 1.165) is 15.6 Å². The summed E-state index contributed by atoms with van der Waals surface area (Å²) in [5.74, 6) is -0.346. The first-order valence-electron chi connectivity index (χ1n) is 8.16. The van der Waals surface area contributed by atoms with Gasteiger partial charge in [-0.2, -0.15) is 0 Å². The lowest BCUT2D eigenvalue weighted by atomic mass is 10.2. The quantitative estimate of drug-likeness (QED) is 0.748. The van der Waals surface area contributed by atoms with Crippen LogP contribution in [0.1, 0.15) is 12.5 Å². The standard InChI is InChI=1S/C20H20N2O2S/c1-3-24-20(23)16-13-21-17-11-7-8-12-18(17)25-19(16)22(2)14-15-9-5-4-6-10-15/h4-13H,3,14H2,1-2H3. The molecular formula is C20H20N2O2S. The highest BCUT2D eigenvalue weighted by Gasteiger charge is 2.23. The average Bonchev–Trinajstić information content (AvgIpc) is 2.82. The van der Waals surface area contributed by atoms with Crippen molar-refractivity contribution in [2.45, 2.75) is 18.4 Å². The van der Waals surface area contributed by atoms with Gasteiger partial charge in [0, 0.05) is 24.7 Å². The van der Waals surface area contributed by atoms with Crippen molar-refractivity contribution in [1.82, 2.24) is 4.90 Å². The lowest BCUT2D eigenvalue weighted by Gasteiger charge is -2.23. The maximum atomic E-state index is 12.5. The third-order valence-electron chi connectivity index (χ3n) is 3.74. The first-order valence-corrected chi connectivity index (χ1v) is 8.98. The number of fused-ring (bicyclic) bond motifs is 1. The second-order valence-electron chi connectivity index (χ2n) is 5.61. The van der Waals surface area contributed by atoms with Crippen molar-refractivity contribution in [3.05, 3.63) is 70.8 Å². The van der Waals surface area contributed by atoms with Gasteiger partial charge in [-0.05, 0) is 24.6 Å². The fourth-order valence-electron chi connectivity index (χ4n) is 2.56. The molecule has 0 saturated heterocycles. The van der Waals surface area contributed by atoms with Crippen LogP contribution in [0.15, 0.2) is 75.1 Å². The highest BCUT2D eigenvalue weighted by Crippen LogP contribution is 2.39. The number of hydrogen-bond acceptors (Lipinski definition) is 5. The van der Waals surface area contributed by atoms with Crippen LogP contribution >= 0.6 is 11.8 Å². The van der Waals surface area contributed by atoms with Crippen LogP contribution in [0.5, 0.6) is 0 Å². The van der Waals surface area contributed by atoms with Crippen LogP contribution in [0, 0.1) is 0 Å². The second-order valence-corrected chi connectivity index (χ2v) is 6.64. The van der Waals surface area contributed by atoms with Gasteiger partial charge in [0.15, 0.2) is 0 Å². The summed E-state index contributed by atoms with van der Waals surface area (Å²) in [5, 5.41) is 0.844. The zero-order valence-corrected chi connectivity index (χ0v) is 15.1. The number of nitrogens with zero attached hydrogens (tertiary/aromatic N) is 2. The fraction of sp³-hybridized carbons (Fsp3) is 0.200. The summed E-state index contributed by atoms with van der Waals surface area (Å²) in [5.41, 5.74) is 2.52. The number of carbonyl (C=O) groups is 1. The van der Waals surface area contributed by atoms with E-state index in [2.05, 4.69) is 22.0 Å². The van der Waals surface area contributed by atoms with Crippen molar-refractivity contribution in [3.8, 4) is 0 Å². The van der Waals surface area contributed by atoms with Gasteiger partial charge in [0.25, 0.3) is 0 Å². The molecule has 0 amide bonds. The molecule has 0 bridgehead atoms. The number of esters is 1. The van der Waals surface area contributed by atoms with E-state index in [9.17, 15) is 4.79 Å². The Morgan fingerprint density at radius 3 is 2.60 bits per heavy atom. The van der Waals surface area contributed by atoms with Crippen molar-refractivity contribution in [3.63, 3.8) is 0 Å². The molecule has 0 saturated carbocycles. The van der Waals surface area contributed by atoms with Gasteiger partial charge in [-0.15, -0.1) is 0 Å². The normalized spacial score (nSPS) is 13.2. The molecule has 0 N–H and O–H groups in total. The molecule has 1 heterocycles. The predicted octanol–water partition coefficient (Wildman–Crippen LogP) is 4.40. The van der Waals surface area contributed by atoms with Crippen molar-refractivity contribution >= 4 is 29.6 Å². The van der Waals surface area contributed by atoms with Crippen LogP contribution in [-0.2, 0) is 16.1 Å². The summed E-state index contributed by atoms with van der Waals surface area (Å²) in [6.07, 6.45) is 1.62. The highest BCUT2D eigenvalue weighted by atomic mass is 32.2. The third kappa shape index (κ3) is 4.12. The molecular weight excluding hydrogens is 332 g/mol.